The van der Waals surface area contributed by atoms with Gasteiger partial charge in [0, 0.05) is 31.1 Å². The van der Waals surface area contributed by atoms with E-state index < -0.39 is 0 Å². The molecule has 0 radical (unpaired) electrons. The summed E-state index contributed by atoms with van der Waals surface area (Å²) in [4.78, 5) is 28.5. The number of rotatable bonds is 5. The first-order chi connectivity index (χ1) is 14.8. The van der Waals surface area contributed by atoms with Gasteiger partial charge in [-0.2, -0.15) is 0 Å². The molecule has 0 aliphatic carbocycles. The third-order valence-corrected chi connectivity index (χ3v) is 7.35. The number of amides is 1. The fourth-order valence-corrected chi connectivity index (χ4v) is 5.14. The SMILES string of the molecule is Cc1sc2nc(C(C)N3CCN(CC(=O)Nc4ccccc4Cl)CC3)nc(N)c2c1C. The summed E-state index contributed by atoms with van der Waals surface area (Å²) in [5.74, 6) is 1.26. The van der Waals surface area contributed by atoms with Crippen LogP contribution in [0.4, 0.5) is 11.5 Å². The Morgan fingerprint density at radius 3 is 2.65 bits per heavy atom. The predicted octanol–water partition coefficient (Wildman–Crippen LogP) is 3.86. The van der Waals surface area contributed by atoms with Crippen LogP contribution in [0.1, 0.15) is 29.2 Å². The largest absolute Gasteiger partial charge is 0.383 e. The minimum atomic E-state index is -0.0559. The van der Waals surface area contributed by atoms with Crippen LogP contribution in [0, 0.1) is 13.8 Å². The molecule has 0 saturated carbocycles. The lowest BCUT2D eigenvalue weighted by Gasteiger charge is -2.37. The van der Waals surface area contributed by atoms with Crippen LogP contribution in [-0.4, -0.2) is 58.4 Å². The van der Waals surface area contributed by atoms with Gasteiger partial charge in [-0.25, -0.2) is 9.97 Å². The van der Waals surface area contributed by atoms with E-state index in [-0.39, 0.29) is 11.9 Å². The number of nitrogens with two attached hydrogens (primary N) is 1. The highest BCUT2D eigenvalue weighted by molar-refractivity contribution is 7.18. The summed E-state index contributed by atoms with van der Waals surface area (Å²) in [6, 6.07) is 7.33. The number of piperazine rings is 1. The molecule has 3 heterocycles. The summed E-state index contributed by atoms with van der Waals surface area (Å²) in [5, 5.41) is 4.41. The Labute approximate surface area is 191 Å². The molecule has 1 fully saturated rings. The number of thiophene rings is 1. The first kappa shape index (κ1) is 22.0. The molecular weight excluding hydrogens is 432 g/mol. The Balaban J connectivity index is 1.36. The number of para-hydroxylation sites is 1. The molecule has 1 aliphatic rings. The van der Waals surface area contributed by atoms with Crippen molar-refractivity contribution in [2.45, 2.75) is 26.8 Å². The summed E-state index contributed by atoms with van der Waals surface area (Å²) in [6.07, 6.45) is 0. The zero-order valence-corrected chi connectivity index (χ0v) is 19.6. The van der Waals surface area contributed by atoms with Crippen LogP contribution in [0.5, 0.6) is 0 Å². The first-order valence-electron chi connectivity index (χ1n) is 10.4. The number of hydrogen-bond acceptors (Lipinski definition) is 7. The van der Waals surface area contributed by atoms with E-state index in [1.165, 1.54) is 10.4 Å². The van der Waals surface area contributed by atoms with Crippen LogP contribution in [-0.2, 0) is 4.79 Å². The summed E-state index contributed by atoms with van der Waals surface area (Å²) < 4.78 is 0. The second kappa shape index (κ2) is 9.08. The Hall–Kier alpha value is -2.26. The Bertz CT molecular complexity index is 1110. The molecule has 0 bridgehead atoms. The van der Waals surface area contributed by atoms with Gasteiger partial charge in [0.15, 0.2) is 0 Å². The molecule has 164 valence electrons. The molecule has 1 aliphatic heterocycles. The van der Waals surface area contributed by atoms with Crippen molar-refractivity contribution in [2.75, 3.05) is 43.8 Å². The fraction of sp³-hybridized carbons (Fsp3) is 0.409. The molecule has 1 saturated heterocycles. The molecule has 4 rings (SSSR count). The third-order valence-electron chi connectivity index (χ3n) is 5.92. The maximum atomic E-state index is 12.4. The van der Waals surface area contributed by atoms with Gasteiger partial charge in [-0.3, -0.25) is 14.6 Å². The average Bonchev–Trinajstić information content (AvgIpc) is 3.03. The number of nitrogen functional groups attached to an aromatic ring is 1. The number of hydrogen-bond donors (Lipinski definition) is 2. The molecule has 31 heavy (non-hydrogen) atoms. The van der Waals surface area contributed by atoms with Gasteiger partial charge < -0.3 is 11.1 Å². The molecule has 1 unspecified atom stereocenters. The standard InChI is InChI=1S/C22H27ClN6OS/c1-13-15(3)31-22-19(13)20(24)26-21(27-22)14(2)29-10-8-28(9-11-29)12-18(30)25-17-7-5-4-6-16(17)23/h4-7,14H,8-12H2,1-3H3,(H,25,30)(H2,24,26,27). The molecule has 0 spiro atoms. The molecule has 7 nitrogen and oxygen atoms in total. The van der Waals surface area contributed by atoms with Gasteiger partial charge in [0.1, 0.15) is 16.5 Å². The van der Waals surface area contributed by atoms with Crippen LogP contribution < -0.4 is 11.1 Å². The highest BCUT2D eigenvalue weighted by Gasteiger charge is 2.26. The van der Waals surface area contributed by atoms with Gasteiger partial charge >= 0.3 is 0 Å². The van der Waals surface area contributed by atoms with E-state index in [1.807, 2.05) is 12.1 Å². The highest BCUT2D eigenvalue weighted by Crippen LogP contribution is 2.33. The number of carbonyl (C=O) groups excluding carboxylic acids is 1. The molecule has 3 aromatic rings. The summed E-state index contributed by atoms with van der Waals surface area (Å²) in [6.45, 7) is 9.90. The zero-order chi connectivity index (χ0) is 22.1. The number of benzene rings is 1. The van der Waals surface area contributed by atoms with Crippen LogP contribution in [0.2, 0.25) is 5.02 Å². The van der Waals surface area contributed by atoms with Gasteiger partial charge in [0.2, 0.25) is 5.91 Å². The second-order valence-corrected chi connectivity index (χ2v) is 9.56. The summed E-state index contributed by atoms with van der Waals surface area (Å²) in [5.41, 5.74) is 8.08. The Morgan fingerprint density at radius 1 is 1.23 bits per heavy atom. The van der Waals surface area contributed by atoms with Crippen molar-refractivity contribution in [1.82, 2.24) is 19.8 Å². The van der Waals surface area contributed by atoms with Crippen molar-refractivity contribution in [1.29, 1.82) is 0 Å². The Kier molecular flexibility index (Phi) is 6.43. The number of anilines is 2. The normalized spacial score (nSPS) is 16.5. The van der Waals surface area contributed by atoms with Crippen LogP contribution >= 0.6 is 22.9 Å². The van der Waals surface area contributed by atoms with Crippen molar-refractivity contribution in [3.63, 3.8) is 0 Å². The van der Waals surface area contributed by atoms with Crippen LogP contribution in [0.25, 0.3) is 10.2 Å². The van der Waals surface area contributed by atoms with E-state index >= 15 is 0 Å². The van der Waals surface area contributed by atoms with E-state index in [0.29, 0.717) is 23.1 Å². The molecule has 2 aromatic heterocycles. The number of fused-ring (bicyclic) bond motifs is 1. The smallest absolute Gasteiger partial charge is 0.238 e. The van der Waals surface area contributed by atoms with Gasteiger partial charge in [0.25, 0.3) is 0 Å². The van der Waals surface area contributed by atoms with Crippen molar-refractivity contribution >= 4 is 50.6 Å². The summed E-state index contributed by atoms with van der Waals surface area (Å²) >= 11 is 7.79. The second-order valence-electron chi connectivity index (χ2n) is 7.95. The van der Waals surface area contributed by atoms with E-state index in [4.69, 9.17) is 22.3 Å². The fourth-order valence-electron chi connectivity index (χ4n) is 3.91. The van der Waals surface area contributed by atoms with Crippen LogP contribution in [0.3, 0.4) is 0 Å². The first-order valence-corrected chi connectivity index (χ1v) is 11.6. The zero-order valence-electron chi connectivity index (χ0n) is 18.0. The number of nitrogens with zero attached hydrogens (tertiary/aromatic N) is 4. The average molecular weight is 459 g/mol. The number of aromatic nitrogens is 2. The molecule has 9 heteroatoms. The molecule has 1 aromatic carbocycles. The maximum Gasteiger partial charge on any atom is 0.238 e. The number of carbonyl (C=O) groups is 1. The lowest BCUT2D eigenvalue weighted by Crippen LogP contribution is -2.49. The van der Waals surface area contributed by atoms with Crippen molar-refractivity contribution in [3.8, 4) is 0 Å². The van der Waals surface area contributed by atoms with Crippen molar-refractivity contribution in [3.05, 3.63) is 45.6 Å². The van der Waals surface area contributed by atoms with E-state index in [1.54, 1.807) is 23.5 Å². The third kappa shape index (κ3) is 4.67. The van der Waals surface area contributed by atoms with E-state index in [2.05, 4.69) is 40.9 Å². The number of nitrogens with one attached hydrogen (secondary N) is 1. The number of aryl methyl sites for hydroxylation is 2. The summed E-state index contributed by atoms with van der Waals surface area (Å²) in [7, 11) is 0. The maximum absolute atomic E-state index is 12.4. The number of halogens is 1. The lowest BCUT2D eigenvalue weighted by molar-refractivity contribution is -0.117. The molecule has 1 atom stereocenters. The highest BCUT2D eigenvalue weighted by atomic mass is 35.5. The minimum absolute atomic E-state index is 0.0559. The minimum Gasteiger partial charge on any atom is -0.383 e. The lowest BCUT2D eigenvalue weighted by atomic mass is 10.2. The van der Waals surface area contributed by atoms with Gasteiger partial charge in [-0.15, -0.1) is 11.3 Å². The van der Waals surface area contributed by atoms with E-state index in [9.17, 15) is 4.79 Å². The van der Waals surface area contributed by atoms with Crippen molar-refractivity contribution < 1.29 is 4.79 Å². The molecule has 3 N–H and O–H groups in total. The van der Waals surface area contributed by atoms with Crippen molar-refractivity contribution in [2.24, 2.45) is 0 Å². The molecule has 1 amide bonds. The monoisotopic (exact) mass is 458 g/mol. The van der Waals surface area contributed by atoms with E-state index in [0.717, 1.165) is 42.2 Å². The van der Waals surface area contributed by atoms with Crippen LogP contribution in [0.15, 0.2) is 24.3 Å². The topological polar surface area (TPSA) is 87.4 Å². The quantitative estimate of drug-likeness (QED) is 0.603. The van der Waals surface area contributed by atoms with Gasteiger partial charge in [-0.1, -0.05) is 23.7 Å². The molecular formula is C22H27ClN6OS. The predicted molar refractivity (Wildman–Crippen MR) is 128 cm³/mol. The Morgan fingerprint density at radius 2 is 1.94 bits per heavy atom. The van der Waals surface area contributed by atoms with Gasteiger partial charge in [0.05, 0.1) is 28.7 Å². The van der Waals surface area contributed by atoms with Gasteiger partial charge in [-0.05, 0) is 38.5 Å².